The molecule has 0 bridgehead atoms. The molecule has 1 aliphatic heterocycles. The van der Waals surface area contributed by atoms with Gasteiger partial charge in [0.2, 0.25) is 0 Å². The van der Waals surface area contributed by atoms with Gasteiger partial charge in [-0.1, -0.05) is 13.3 Å². The van der Waals surface area contributed by atoms with Crippen molar-refractivity contribution in [2.75, 3.05) is 6.61 Å². The van der Waals surface area contributed by atoms with Crippen molar-refractivity contribution in [3.05, 3.63) is 0 Å². The van der Waals surface area contributed by atoms with E-state index >= 15 is 0 Å². The van der Waals surface area contributed by atoms with Crippen LogP contribution in [0.2, 0.25) is 0 Å². The maximum Gasteiger partial charge on any atom is 0.295 e. The Bertz CT molecular complexity index is 195. The molecule has 1 heterocycles. The van der Waals surface area contributed by atoms with E-state index in [1.165, 1.54) is 0 Å². The largest absolute Gasteiger partial charge is 0.438 e. The predicted molar refractivity (Wildman–Crippen MR) is 55.3 cm³/mol. The van der Waals surface area contributed by atoms with Crippen molar-refractivity contribution in [3.8, 4) is 0 Å². The molecule has 0 aromatic heterocycles. The van der Waals surface area contributed by atoms with Crippen LogP contribution in [0, 0.1) is 5.92 Å². The topological polar surface area (TPSA) is 48.1 Å². The molecule has 0 aliphatic carbocycles. The highest BCUT2D eigenvalue weighted by Crippen LogP contribution is 2.29. The Morgan fingerprint density at radius 2 is 2.20 bits per heavy atom. The first-order chi connectivity index (χ1) is 7.17. The zero-order valence-electron chi connectivity index (χ0n) is 9.64. The highest BCUT2D eigenvalue weighted by atomic mass is 16.7. The molecule has 0 amide bonds. The average Bonchev–Trinajstić information content (AvgIpc) is 2.89. The fourth-order valence-corrected chi connectivity index (χ4v) is 1.55. The molecule has 0 saturated carbocycles. The van der Waals surface area contributed by atoms with Crippen LogP contribution in [-0.2, 0) is 19.0 Å². The van der Waals surface area contributed by atoms with Crippen molar-refractivity contribution >= 4 is 6.47 Å². The first-order valence-electron chi connectivity index (χ1n) is 5.53. The number of hydrogen-bond donors (Lipinski definition) is 0. The van der Waals surface area contributed by atoms with Gasteiger partial charge in [0.15, 0.2) is 6.29 Å². The van der Waals surface area contributed by atoms with Gasteiger partial charge in [0.05, 0.1) is 18.8 Å². The molecule has 4 atom stereocenters. The summed E-state index contributed by atoms with van der Waals surface area (Å²) in [5, 5.41) is 0. The minimum atomic E-state index is -0.450. The lowest BCUT2D eigenvalue weighted by Crippen LogP contribution is -2.19. The summed E-state index contributed by atoms with van der Waals surface area (Å²) in [4.78, 5) is 10.0. The summed E-state index contributed by atoms with van der Waals surface area (Å²) in [5.74, 6) is 0.484. The van der Waals surface area contributed by atoms with Gasteiger partial charge in [-0.15, -0.1) is 0 Å². The van der Waals surface area contributed by atoms with Gasteiger partial charge in [-0.2, -0.15) is 0 Å². The van der Waals surface area contributed by atoms with Crippen molar-refractivity contribution in [2.45, 2.75) is 52.1 Å². The van der Waals surface area contributed by atoms with E-state index in [9.17, 15) is 4.79 Å². The fourth-order valence-electron chi connectivity index (χ4n) is 1.55. The minimum absolute atomic E-state index is 0.404. The average molecular weight is 216 g/mol. The van der Waals surface area contributed by atoms with Crippen LogP contribution in [0.15, 0.2) is 0 Å². The Labute approximate surface area is 90.9 Å². The second kappa shape index (κ2) is 6.08. The van der Waals surface area contributed by atoms with E-state index in [0.29, 0.717) is 31.2 Å². The Morgan fingerprint density at radius 1 is 1.53 bits per heavy atom. The molecule has 0 N–H and O–H groups in total. The Balaban J connectivity index is 2.12. The summed E-state index contributed by atoms with van der Waals surface area (Å²) < 4.78 is 15.4. The van der Waals surface area contributed by atoms with E-state index in [1.54, 1.807) is 6.92 Å². The van der Waals surface area contributed by atoms with Crippen LogP contribution in [-0.4, -0.2) is 31.6 Å². The molecule has 0 radical (unpaired) electrons. The van der Waals surface area contributed by atoms with E-state index in [0.717, 1.165) is 12.8 Å². The van der Waals surface area contributed by atoms with Crippen molar-refractivity contribution < 1.29 is 19.0 Å². The third-order valence-corrected chi connectivity index (χ3v) is 2.79. The third-order valence-electron chi connectivity index (χ3n) is 2.79. The molecular formula is C11H20O4. The number of carbonyl (C=O) groups excluding carboxylic acids is 1. The first kappa shape index (κ1) is 12.5. The summed E-state index contributed by atoms with van der Waals surface area (Å²) >= 11 is 0. The van der Waals surface area contributed by atoms with E-state index in [-0.39, 0.29) is 0 Å². The van der Waals surface area contributed by atoms with E-state index in [1.807, 2.05) is 0 Å². The fraction of sp³-hybridized carbons (Fsp3) is 0.909. The molecule has 1 saturated heterocycles. The predicted octanol–water partition coefficient (Wildman–Crippen LogP) is 1.73. The van der Waals surface area contributed by atoms with Gasteiger partial charge >= 0.3 is 0 Å². The quantitative estimate of drug-likeness (QED) is 0.352. The number of epoxide rings is 1. The number of hydrogen-bond acceptors (Lipinski definition) is 4. The van der Waals surface area contributed by atoms with Crippen LogP contribution in [0.25, 0.3) is 0 Å². The molecule has 1 aliphatic rings. The van der Waals surface area contributed by atoms with Gasteiger partial charge in [0.1, 0.15) is 0 Å². The van der Waals surface area contributed by atoms with Crippen LogP contribution in [0.5, 0.6) is 0 Å². The standard InChI is InChI=1S/C11H20O4/c1-4-10(5-11-8(2)15-11)6-13-9(3)14-7-12/h7-11H,4-6H2,1-3H3. The van der Waals surface area contributed by atoms with Gasteiger partial charge in [0, 0.05) is 0 Å². The molecule has 15 heavy (non-hydrogen) atoms. The van der Waals surface area contributed by atoms with Crippen LogP contribution in [0.3, 0.4) is 0 Å². The van der Waals surface area contributed by atoms with Crippen molar-refractivity contribution in [2.24, 2.45) is 5.92 Å². The first-order valence-corrected chi connectivity index (χ1v) is 5.53. The zero-order chi connectivity index (χ0) is 11.3. The van der Waals surface area contributed by atoms with E-state index in [2.05, 4.69) is 18.6 Å². The highest BCUT2D eigenvalue weighted by molar-refractivity contribution is 5.37. The molecular weight excluding hydrogens is 196 g/mol. The lowest BCUT2D eigenvalue weighted by Gasteiger charge is -2.17. The van der Waals surface area contributed by atoms with Gasteiger partial charge < -0.3 is 14.2 Å². The normalized spacial score (nSPS) is 28.2. The molecule has 0 aromatic carbocycles. The van der Waals surface area contributed by atoms with Crippen LogP contribution in [0.1, 0.15) is 33.6 Å². The van der Waals surface area contributed by atoms with Crippen molar-refractivity contribution in [1.82, 2.24) is 0 Å². The van der Waals surface area contributed by atoms with Gasteiger partial charge in [-0.3, -0.25) is 4.79 Å². The van der Waals surface area contributed by atoms with Crippen LogP contribution >= 0.6 is 0 Å². The second-order valence-corrected chi connectivity index (χ2v) is 4.02. The zero-order valence-corrected chi connectivity index (χ0v) is 9.64. The lowest BCUT2D eigenvalue weighted by molar-refractivity contribution is -0.162. The van der Waals surface area contributed by atoms with Crippen molar-refractivity contribution in [1.29, 1.82) is 0 Å². The van der Waals surface area contributed by atoms with E-state index < -0.39 is 6.29 Å². The molecule has 4 heteroatoms. The molecule has 4 nitrogen and oxygen atoms in total. The Hall–Kier alpha value is -0.610. The van der Waals surface area contributed by atoms with Crippen LogP contribution in [0.4, 0.5) is 0 Å². The second-order valence-electron chi connectivity index (χ2n) is 4.02. The highest BCUT2D eigenvalue weighted by Gasteiger charge is 2.35. The summed E-state index contributed by atoms with van der Waals surface area (Å²) in [5.41, 5.74) is 0. The summed E-state index contributed by atoms with van der Waals surface area (Å²) in [7, 11) is 0. The number of ether oxygens (including phenoxy) is 3. The summed E-state index contributed by atoms with van der Waals surface area (Å²) in [6, 6.07) is 0. The molecule has 0 spiro atoms. The number of rotatable bonds is 8. The third kappa shape index (κ3) is 4.62. The van der Waals surface area contributed by atoms with Gasteiger partial charge in [-0.25, -0.2) is 0 Å². The maximum atomic E-state index is 10.0. The lowest BCUT2D eigenvalue weighted by atomic mass is 10.0. The summed E-state index contributed by atoms with van der Waals surface area (Å²) in [6.07, 6.45) is 2.45. The molecule has 0 aromatic rings. The monoisotopic (exact) mass is 216 g/mol. The van der Waals surface area contributed by atoms with Crippen LogP contribution < -0.4 is 0 Å². The van der Waals surface area contributed by atoms with Crippen molar-refractivity contribution in [3.63, 3.8) is 0 Å². The maximum absolute atomic E-state index is 10.0. The number of carbonyl (C=O) groups is 1. The molecule has 1 fully saturated rings. The molecule has 1 rings (SSSR count). The van der Waals surface area contributed by atoms with E-state index in [4.69, 9.17) is 9.47 Å². The Morgan fingerprint density at radius 3 is 2.67 bits per heavy atom. The Kier molecular flexibility index (Phi) is 5.05. The minimum Gasteiger partial charge on any atom is -0.438 e. The smallest absolute Gasteiger partial charge is 0.295 e. The molecule has 4 unspecified atom stereocenters. The summed E-state index contributed by atoms with van der Waals surface area (Å²) in [6.45, 7) is 6.97. The SMILES string of the molecule is CCC(COC(C)OC=O)CC1OC1C. The molecule has 88 valence electrons. The van der Waals surface area contributed by atoms with Gasteiger partial charge in [-0.05, 0) is 26.2 Å². The van der Waals surface area contributed by atoms with Gasteiger partial charge in [0.25, 0.3) is 6.47 Å².